The van der Waals surface area contributed by atoms with Crippen LogP contribution in [0.25, 0.3) is 0 Å². The van der Waals surface area contributed by atoms with E-state index < -0.39 is 23.4 Å². The lowest BCUT2D eigenvalue weighted by atomic mass is 10.1. The Hall–Kier alpha value is -2.60. The van der Waals surface area contributed by atoms with Gasteiger partial charge in [0.05, 0.1) is 6.04 Å². The van der Waals surface area contributed by atoms with Crippen LogP contribution >= 0.6 is 0 Å². The zero-order valence-corrected chi connectivity index (χ0v) is 14.6. The molecular weight excluding hydrogens is 343 g/mol. The van der Waals surface area contributed by atoms with Crippen molar-refractivity contribution >= 4 is 5.97 Å². The summed E-state index contributed by atoms with van der Waals surface area (Å²) in [6, 6.07) is 10.7. The molecule has 0 spiro atoms. The van der Waals surface area contributed by atoms with Crippen molar-refractivity contribution in [3.63, 3.8) is 0 Å². The molecule has 2 aromatic carbocycles. The third-order valence-corrected chi connectivity index (χ3v) is 3.90. The number of carbonyl (C=O) groups excluding carboxylic acids is 1. The van der Waals surface area contributed by atoms with E-state index in [4.69, 9.17) is 4.84 Å². The molecule has 0 radical (unpaired) electrons. The number of hydroxylamine groups is 1. The fourth-order valence-corrected chi connectivity index (χ4v) is 2.32. The molecule has 0 aliphatic heterocycles. The van der Waals surface area contributed by atoms with Crippen LogP contribution < -0.4 is 5.48 Å². The van der Waals surface area contributed by atoms with Crippen molar-refractivity contribution in [1.82, 2.24) is 5.48 Å². The normalized spacial score (nSPS) is 12.7. The summed E-state index contributed by atoms with van der Waals surface area (Å²) in [7, 11) is 0. The molecule has 6 heteroatoms. The second-order valence-corrected chi connectivity index (χ2v) is 5.92. The summed E-state index contributed by atoms with van der Waals surface area (Å²) in [5.41, 5.74) is 4.02. The van der Waals surface area contributed by atoms with Gasteiger partial charge in [-0.2, -0.15) is 0 Å². The minimum atomic E-state index is -1.22. The fourth-order valence-electron chi connectivity index (χ4n) is 2.32. The highest BCUT2D eigenvalue weighted by Gasteiger charge is 2.11. The van der Waals surface area contributed by atoms with Crippen LogP contribution in [0.2, 0.25) is 0 Å². The Bertz CT molecular complexity index is 791. The molecule has 2 aromatic rings. The van der Waals surface area contributed by atoms with E-state index in [0.717, 1.165) is 11.6 Å². The van der Waals surface area contributed by atoms with Gasteiger partial charge in [-0.15, -0.1) is 5.48 Å². The zero-order valence-electron chi connectivity index (χ0n) is 14.6. The van der Waals surface area contributed by atoms with Crippen molar-refractivity contribution in [2.24, 2.45) is 0 Å². The molecule has 1 atom stereocenters. The average Bonchev–Trinajstić information content (AvgIpc) is 2.64. The van der Waals surface area contributed by atoms with Crippen LogP contribution in [0.5, 0.6) is 0 Å². The first kappa shape index (κ1) is 19.7. The Labute approximate surface area is 150 Å². The summed E-state index contributed by atoms with van der Waals surface area (Å²) in [6.07, 6.45) is 2.00. The number of allylic oxidation sites excluding steroid dienone is 1. The molecule has 0 bridgehead atoms. The van der Waals surface area contributed by atoms with Crippen LogP contribution in [-0.4, -0.2) is 5.97 Å². The van der Waals surface area contributed by atoms with Gasteiger partial charge in [-0.3, -0.25) is 0 Å². The van der Waals surface area contributed by atoms with Crippen molar-refractivity contribution in [2.75, 3.05) is 0 Å². The first-order valence-electron chi connectivity index (χ1n) is 8.20. The van der Waals surface area contributed by atoms with Gasteiger partial charge in [0.2, 0.25) is 0 Å². The molecular formula is C20H20F3NO2. The van der Waals surface area contributed by atoms with E-state index >= 15 is 0 Å². The van der Waals surface area contributed by atoms with E-state index in [1.54, 1.807) is 13.0 Å². The quantitative estimate of drug-likeness (QED) is 0.437. The highest BCUT2D eigenvalue weighted by atomic mass is 19.2. The lowest BCUT2D eigenvalue weighted by Crippen LogP contribution is -2.23. The van der Waals surface area contributed by atoms with Gasteiger partial charge >= 0.3 is 5.97 Å². The Kier molecular flexibility index (Phi) is 6.97. The number of nitrogens with one attached hydrogen (secondary N) is 1. The van der Waals surface area contributed by atoms with Gasteiger partial charge in [-0.1, -0.05) is 36.4 Å². The highest BCUT2D eigenvalue weighted by Crippen LogP contribution is 2.16. The second-order valence-electron chi connectivity index (χ2n) is 5.92. The van der Waals surface area contributed by atoms with E-state index in [9.17, 15) is 18.0 Å². The van der Waals surface area contributed by atoms with Gasteiger partial charge in [0.15, 0.2) is 11.6 Å². The summed E-state index contributed by atoms with van der Waals surface area (Å²) >= 11 is 0. The van der Waals surface area contributed by atoms with Gasteiger partial charge in [-0.05, 0) is 43.9 Å². The Morgan fingerprint density at radius 2 is 1.77 bits per heavy atom. The van der Waals surface area contributed by atoms with Crippen LogP contribution in [0.3, 0.4) is 0 Å². The SMILES string of the molecule is C/C(=C\CCc1cc(F)c(F)cc1F)C(=O)ON[C@H](C)c1ccccc1. The number of aryl methyl sites for hydroxylation is 1. The molecule has 2 rings (SSSR count). The molecule has 26 heavy (non-hydrogen) atoms. The number of carbonyl (C=O) groups is 1. The van der Waals surface area contributed by atoms with Gasteiger partial charge in [0.25, 0.3) is 0 Å². The lowest BCUT2D eigenvalue weighted by Gasteiger charge is -2.13. The molecule has 1 N–H and O–H groups in total. The van der Waals surface area contributed by atoms with Crippen molar-refractivity contribution in [3.8, 4) is 0 Å². The number of hydrogen-bond acceptors (Lipinski definition) is 3. The minimum Gasteiger partial charge on any atom is -0.366 e. The standard InChI is InChI=1S/C20H20F3NO2/c1-13(7-6-10-16-11-18(22)19(23)12-17(16)21)20(25)26-24-14(2)15-8-4-3-5-9-15/h3-5,7-9,11-12,14,24H,6,10H2,1-2H3/b13-7+/t14-/m1/s1. The first-order valence-corrected chi connectivity index (χ1v) is 8.20. The first-order chi connectivity index (χ1) is 12.4. The number of rotatable bonds is 7. The van der Waals surface area contributed by atoms with Crippen molar-refractivity contribution in [2.45, 2.75) is 32.7 Å². The third-order valence-electron chi connectivity index (χ3n) is 3.90. The van der Waals surface area contributed by atoms with Gasteiger partial charge in [0, 0.05) is 11.6 Å². The van der Waals surface area contributed by atoms with Crippen LogP contribution in [-0.2, 0) is 16.1 Å². The van der Waals surface area contributed by atoms with Crippen LogP contribution in [0, 0.1) is 17.5 Å². The average molecular weight is 363 g/mol. The molecule has 0 fully saturated rings. The van der Waals surface area contributed by atoms with E-state index in [0.29, 0.717) is 11.6 Å². The summed E-state index contributed by atoms with van der Waals surface area (Å²) in [5, 5.41) is 0. The Morgan fingerprint density at radius 3 is 2.46 bits per heavy atom. The molecule has 0 aliphatic rings. The summed E-state index contributed by atoms with van der Waals surface area (Å²) in [6.45, 7) is 3.42. The predicted molar refractivity (Wildman–Crippen MR) is 92.5 cm³/mol. The van der Waals surface area contributed by atoms with Crippen LogP contribution in [0.1, 0.15) is 37.4 Å². The van der Waals surface area contributed by atoms with Crippen molar-refractivity contribution in [3.05, 3.63) is 82.7 Å². The monoisotopic (exact) mass is 363 g/mol. The molecule has 0 saturated heterocycles. The highest BCUT2D eigenvalue weighted by molar-refractivity contribution is 5.87. The molecule has 0 unspecified atom stereocenters. The zero-order chi connectivity index (χ0) is 19.1. The second kappa shape index (κ2) is 9.20. The maximum atomic E-state index is 13.6. The number of benzene rings is 2. The van der Waals surface area contributed by atoms with Crippen molar-refractivity contribution < 1.29 is 22.8 Å². The van der Waals surface area contributed by atoms with Crippen molar-refractivity contribution in [1.29, 1.82) is 0 Å². The van der Waals surface area contributed by atoms with E-state index in [1.165, 1.54) is 0 Å². The number of hydrogen-bond donors (Lipinski definition) is 1. The molecule has 0 heterocycles. The fraction of sp³-hybridized carbons (Fsp3) is 0.250. The summed E-state index contributed by atoms with van der Waals surface area (Å²) in [5.74, 6) is -3.69. The Balaban J connectivity index is 1.85. The van der Waals surface area contributed by atoms with E-state index in [1.807, 2.05) is 37.3 Å². The summed E-state index contributed by atoms with van der Waals surface area (Å²) in [4.78, 5) is 17.0. The molecule has 3 nitrogen and oxygen atoms in total. The molecule has 0 aromatic heterocycles. The minimum absolute atomic E-state index is 0.0529. The van der Waals surface area contributed by atoms with E-state index in [2.05, 4.69) is 5.48 Å². The van der Waals surface area contributed by atoms with Gasteiger partial charge in [-0.25, -0.2) is 18.0 Å². The molecule has 0 aliphatic carbocycles. The largest absolute Gasteiger partial charge is 0.366 e. The Morgan fingerprint density at radius 1 is 1.12 bits per heavy atom. The van der Waals surface area contributed by atoms with Crippen LogP contribution in [0.4, 0.5) is 13.2 Å². The molecule has 0 saturated carbocycles. The smallest absolute Gasteiger partial charge is 0.352 e. The van der Waals surface area contributed by atoms with Gasteiger partial charge < -0.3 is 4.84 Å². The molecule has 138 valence electrons. The maximum Gasteiger partial charge on any atom is 0.352 e. The van der Waals surface area contributed by atoms with Crippen LogP contribution in [0.15, 0.2) is 54.1 Å². The lowest BCUT2D eigenvalue weighted by molar-refractivity contribution is -0.147. The third kappa shape index (κ3) is 5.46. The number of halogens is 3. The molecule has 0 amide bonds. The maximum absolute atomic E-state index is 13.6. The summed E-state index contributed by atoms with van der Waals surface area (Å²) < 4.78 is 39.6. The topological polar surface area (TPSA) is 38.3 Å². The van der Waals surface area contributed by atoms with Gasteiger partial charge in [0.1, 0.15) is 5.82 Å². The van der Waals surface area contributed by atoms with E-state index in [-0.39, 0.29) is 24.4 Å². The predicted octanol–water partition coefficient (Wildman–Crippen LogP) is 4.79.